The second-order valence-electron chi connectivity index (χ2n) is 8.31. The van der Waals surface area contributed by atoms with E-state index in [4.69, 9.17) is 13.9 Å². The quantitative estimate of drug-likeness (QED) is 0.324. The number of carbonyl (C=O) groups is 2. The number of carbonyl (C=O) groups excluding carboxylic acids is 2. The summed E-state index contributed by atoms with van der Waals surface area (Å²) >= 11 is 0. The van der Waals surface area contributed by atoms with Gasteiger partial charge in [0.15, 0.2) is 5.76 Å². The number of methoxy groups -OCH3 is 2. The number of nitrogens with one attached hydrogen (secondary N) is 2. The van der Waals surface area contributed by atoms with E-state index in [1.54, 1.807) is 44.6 Å². The van der Waals surface area contributed by atoms with Crippen LogP contribution in [0.25, 0.3) is 0 Å². The third kappa shape index (κ3) is 5.93. The highest BCUT2D eigenvalue weighted by molar-refractivity contribution is 6.04. The van der Waals surface area contributed by atoms with Crippen LogP contribution in [-0.2, 0) is 6.42 Å². The largest absolute Gasteiger partial charge is 0.497 e. The van der Waals surface area contributed by atoms with Crippen LogP contribution in [0.3, 0.4) is 0 Å². The van der Waals surface area contributed by atoms with Crippen LogP contribution < -0.4 is 20.1 Å². The third-order valence-electron chi connectivity index (χ3n) is 5.92. The van der Waals surface area contributed by atoms with Gasteiger partial charge in [-0.3, -0.25) is 9.59 Å². The molecule has 3 aromatic carbocycles. The number of benzene rings is 3. The summed E-state index contributed by atoms with van der Waals surface area (Å²) in [7, 11) is 3.24. The lowest BCUT2D eigenvalue weighted by Gasteiger charge is -2.20. The van der Waals surface area contributed by atoms with E-state index in [1.807, 2.05) is 55.5 Å². The van der Waals surface area contributed by atoms with Crippen molar-refractivity contribution >= 4 is 17.5 Å². The topological polar surface area (TPSA) is 89.8 Å². The molecule has 0 aliphatic heterocycles. The Morgan fingerprint density at radius 1 is 0.861 bits per heavy atom. The van der Waals surface area contributed by atoms with Crippen LogP contribution in [-0.4, -0.2) is 26.0 Å². The van der Waals surface area contributed by atoms with E-state index in [1.165, 1.54) is 6.26 Å². The number of aryl methyl sites for hydroxylation is 1. The number of hydrogen-bond acceptors (Lipinski definition) is 5. The molecule has 36 heavy (non-hydrogen) atoms. The van der Waals surface area contributed by atoms with Crippen molar-refractivity contribution in [3.05, 3.63) is 113 Å². The molecule has 0 aliphatic rings. The maximum atomic E-state index is 13.3. The summed E-state index contributed by atoms with van der Waals surface area (Å²) in [6, 6.07) is 23.5. The monoisotopic (exact) mass is 484 g/mol. The molecule has 1 heterocycles. The Balaban J connectivity index is 1.56. The summed E-state index contributed by atoms with van der Waals surface area (Å²) < 4.78 is 15.7. The highest BCUT2D eigenvalue weighted by Crippen LogP contribution is 2.24. The fourth-order valence-corrected chi connectivity index (χ4v) is 3.82. The van der Waals surface area contributed by atoms with Crippen LogP contribution in [0.1, 0.15) is 43.6 Å². The fraction of sp³-hybridized carbons (Fsp3) is 0.172. The Morgan fingerprint density at radius 2 is 1.53 bits per heavy atom. The molecule has 4 aromatic rings. The Hall–Kier alpha value is -4.52. The number of anilines is 1. The van der Waals surface area contributed by atoms with E-state index in [9.17, 15) is 9.59 Å². The van der Waals surface area contributed by atoms with E-state index < -0.39 is 0 Å². The van der Waals surface area contributed by atoms with Crippen molar-refractivity contribution in [3.8, 4) is 11.5 Å². The first-order valence-electron chi connectivity index (χ1n) is 11.5. The molecule has 0 saturated carbocycles. The van der Waals surface area contributed by atoms with Crippen molar-refractivity contribution in [2.24, 2.45) is 0 Å². The molecule has 2 N–H and O–H groups in total. The summed E-state index contributed by atoms with van der Waals surface area (Å²) in [4.78, 5) is 25.8. The lowest BCUT2D eigenvalue weighted by molar-refractivity contribution is 0.0935. The Morgan fingerprint density at radius 3 is 2.14 bits per heavy atom. The standard InChI is InChI=1S/C29H28N2O5/c1-19-6-9-22(18-25(19)30-29(33)27-5-4-16-36-27)28(32)31-26(21-10-14-24(35-3)15-11-21)17-20-7-12-23(34-2)13-8-20/h4-16,18,26H,17H2,1-3H3,(H,30,33)(H,31,32). The van der Waals surface area contributed by atoms with E-state index >= 15 is 0 Å². The van der Waals surface area contributed by atoms with Crippen LogP contribution in [0, 0.1) is 6.92 Å². The Labute approximate surface area is 210 Å². The van der Waals surface area contributed by atoms with E-state index in [0.717, 1.165) is 28.2 Å². The maximum absolute atomic E-state index is 13.3. The molecule has 2 amide bonds. The molecular formula is C29H28N2O5. The van der Waals surface area contributed by atoms with Crippen LogP contribution in [0.15, 0.2) is 89.5 Å². The molecule has 7 nitrogen and oxygen atoms in total. The van der Waals surface area contributed by atoms with Gasteiger partial charge in [-0.05, 0) is 78.6 Å². The van der Waals surface area contributed by atoms with Gasteiger partial charge in [0.25, 0.3) is 11.8 Å². The smallest absolute Gasteiger partial charge is 0.291 e. The molecule has 0 fully saturated rings. The Kier molecular flexibility index (Phi) is 7.70. The molecule has 1 atom stereocenters. The van der Waals surface area contributed by atoms with Gasteiger partial charge < -0.3 is 24.5 Å². The van der Waals surface area contributed by atoms with E-state index in [2.05, 4.69) is 10.6 Å². The molecule has 184 valence electrons. The summed E-state index contributed by atoms with van der Waals surface area (Å²) in [5, 5.41) is 5.97. The van der Waals surface area contributed by atoms with Gasteiger partial charge in [0.1, 0.15) is 11.5 Å². The first-order valence-corrected chi connectivity index (χ1v) is 11.5. The van der Waals surface area contributed by atoms with Crippen molar-refractivity contribution < 1.29 is 23.5 Å². The number of rotatable bonds is 9. The van der Waals surface area contributed by atoms with Crippen LogP contribution >= 0.6 is 0 Å². The molecule has 0 saturated heterocycles. The number of ether oxygens (including phenoxy) is 2. The minimum Gasteiger partial charge on any atom is -0.497 e. The molecule has 0 aliphatic carbocycles. The molecule has 0 bridgehead atoms. The highest BCUT2D eigenvalue weighted by Gasteiger charge is 2.19. The van der Waals surface area contributed by atoms with Crippen molar-refractivity contribution in [2.75, 3.05) is 19.5 Å². The van der Waals surface area contributed by atoms with Gasteiger partial charge in [-0.25, -0.2) is 0 Å². The van der Waals surface area contributed by atoms with Gasteiger partial charge >= 0.3 is 0 Å². The fourth-order valence-electron chi connectivity index (χ4n) is 3.82. The molecule has 0 spiro atoms. The molecule has 1 aromatic heterocycles. The Bertz CT molecular complexity index is 1310. The van der Waals surface area contributed by atoms with Crippen LogP contribution in [0.5, 0.6) is 11.5 Å². The lowest BCUT2D eigenvalue weighted by Crippen LogP contribution is -2.30. The summed E-state index contributed by atoms with van der Waals surface area (Å²) in [6.07, 6.45) is 2.02. The zero-order valence-corrected chi connectivity index (χ0v) is 20.4. The third-order valence-corrected chi connectivity index (χ3v) is 5.92. The second-order valence-corrected chi connectivity index (χ2v) is 8.31. The van der Waals surface area contributed by atoms with Gasteiger partial charge in [0, 0.05) is 11.3 Å². The molecular weight excluding hydrogens is 456 g/mol. The van der Waals surface area contributed by atoms with Crippen molar-refractivity contribution in [1.82, 2.24) is 5.32 Å². The molecule has 0 radical (unpaired) electrons. The minimum atomic E-state index is -0.378. The zero-order chi connectivity index (χ0) is 25.5. The number of amides is 2. The normalized spacial score (nSPS) is 11.4. The van der Waals surface area contributed by atoms with E-state index in [0.29, 0.717) is 17.7 Å². The van der Waals surface area contributed by atoms with Crippen molar-refractivity contribution in [1.29, 1.82) is 0 Å². The molecule has 4 rings (SSSR count). The van der Waals surface area contributed by atoms with Crippen LogP contribution in [0.2, 0.25) is 0 Å². The first-order chi connectivity index (χ1) is 17.5. The van der Waals surface area contributed by atoms with Crippen molar-refractivity contribution in [3.63, 3.8) is 0 Å². The SMILES string of the molecule is COc1ccc(CC(NC(=O)c2ccc(C)c(NC(=O)c3ccco3)c2)c2ccc(OC)cc2)cc1. The van der Waals surface area contributed by atoms with Crippen LogP contribution in [0.4, 0.5) is 5.69 Å². The first kappa shape index (κ1) is 24.6. The number of hydrogen-bond donors (Lipinski definition) is 2. The van der Waals surface area contributed by atoms with Gasteiger partial charge in [-0.1, -0.05) is 30.3 Å². The van der Waals surface area contributed by atoms with E-state index in [-0.39, 0.29) is 23.6 Å². The van der Waals surface area contributed by atoms with Crippen molar-refractivity contribution in [2.45, 2.75) is 19.4 Å². The average molecular weight is 485 g/mol. The summed E-state index contributed by atoms with van der Waals surface area (Å²) in [5.74, 6) is 1.08. The molecule has 7 heteroatoms. The predicted octanol–water partition coefficient (Wildman–Crippen LogP) is 5.57. The van der Waals surface area contributed by atoms with Gasteiger partial charge in [-0.15, -0.1) is 0 Å². The highest BCUT2D eigenvalue weighted by atomic mass is 16.5. The van der Waals surface area contributed by atoms with Gasteiger partial charge in [-0.2, -0.15) is 0 Å². The summed E-state index contributed by atoms with van der Waals surface area (Å²) in [6.45, 7) is 1.86. The second kappa shape index (κ2) is 11.3. The minimum absolute atomic E-state index is 0.198. The lowest BCUT2D eigenvalue weighted by atomic mass is 9.98. The number of furan rings is 1. The maximum Gasteiger partial charge on any atom is 0.291 e. The van der Waals surface area contributed by atoms with Gasteiger partial charge in [0.2, 0.25) is 0 Å². The summed E-state index contributed by atoms with van der Waals surface area (Å²) in [5.41, 5.74) is 3.80. The average Bonchev–Trinajstić information content (AvgIpc) is 3.45. The van der Waals surface area contributed by atoms with Gasteiger partial charge in [0.05, 0.1) is 26.5 Å². The zero-order valence-electron chi connectivity index (χ0n) is 20.4. The molecule has 1 unspecified atom stereocenters. The predicted molar refractivity (Wildman–Crippen MR) is 138 cm³/mol.